The first-order valence-corrected chi connectivity index (χ1v) is 14.9. The molecule has 0 aromatic rings. The summed E-state index contributed by atoms with van der Waals surface area (Å²) in [4.78, 5) is 46.1. The summed E-state index contributed by atoms with van der Waals surface area (Å²) < 4.78 is 4.15. The minimum atomic E-state index is -0.907. The second kappa shape index (κ2) is 11.1. The van der Waals surface area contributed by atoms with Gasteiger partial charge in [0.05, 0.1) is 35.8 Å². The van der Waals surface area contributed by atoms with Crippen molar-refractivity contribution in [2.24, 2.45) is 17.8 Å². The van der Waals surface area contributed by atoms with E-state index < -0.39 is 33.4 Å². The Hall–Kier alpha value is -1.80. The van der Waals surface area contributed by atoms with E-state index in [2.05, 4.69) is 39.8 Å². The highest BCUT2D eigenvalue weighted by Crippen LogP contribution is 2.65. The summed E-state index contributed by atoms with van der Waals surface area (Å²) in [6.45, 7) is 10.9. The van der Waals surface area contributed by atoms with Crippen molar-refractivity contribution in [1.82, 2.24) is 9.80 Å². The summed E-state index contributed by atoms with van der Waals surface area (Å²) in [7, 11) is 0. The predicted molar refractivity (Wildman–Crippen MR) is 146 cm³/mol. The molecule has 0 saturated carbocycles. The molecule has 0 aromatic heterocycles. The Morgan fingerprint density at radius 3 is 2.54 bits per heavy atom. The zero-order valence-corrected chi connectivity index (χ0v) is 23.8. The average molecular weight is 533 g/mol. The number of cyclic esters (lactones) is 1. The Morgan fingerprint density at radius 1 is 1.11 bits per heavy atom. The van der Waals surface area contributed by atoms with Gasteiger partial charge in [-0.15, -0.1) is 11.8 Å². The number of aliphatic hydroxyl groups excluding tert-OH is 1. The maximum atomic E-state index is 14.4. The van der Waals surface area contributed by atoms with Crippen LogP contribution in [0.2, 0.25) is 0 Å². The largest absolute Gasteiger partial charge is 0.465 e. The number of thioether (sulfide) groups is 1. The molecule has 0 aliphatic carbocycles. The van der Waals surface area contributed by atoms with Crippen molar-refractivity contribution < 1.29 is 24.2 Å². The molecule has 4 heterocycles. The lowest BCUT2D eigenvalue weighted by Crippen LogP contribution is -2.58. The van der Waals surface area contributed by atoms with E-state index in [4.69, 9.17) is 4.74 Å². The summed E-state index contributed by atoms with van der Waals surface area (Å²) in [5.41, 5.74) is 0. The molecule has 0 aromatic carbocycles. The molecule has 2 fully saturated rings. The van der Waals surface area contributed by atoms with Crippen LogP contribution in [0.5, 0.6) is 0 Å². The van der Waals surface area contributed by atoms with Crippen molar-refractivity contribution in [2.75, 3.05) is 19.8 Å². The van der Waals surface area contributed by atoms with Crippen LogP contribution in [0.25, 0.3) is 0 Å². The molecule has 2 saturated heterocycles. The second-order valence-corrected chi connectivity index (χ2v) is 13.6. The Bertz CT molecular complexity index is 951. The zero-order chi connectivity index (χ0) is 27.0. The monoisotopic (exact) mass is 532 g/mol. The van der Waals surface area contributed by atoms with Gasteiger partial charge in [0.2, 0.25) is 11.8 Å². The maximum Gasteiger partial charge on any atom is 0.311 e. The third kappa shape index (κ3) is 4.88. The first kappa shape index (κ1) is 28.2. The van der Waals surface area contributed by atoms with Gasteiger partial charge in [-0.25, -0.2) is 0 Å². The van der Waals surface area contributed by atoms with E-state index in [0.29, 0.717) is 19.6 Å². The fourth-order valence-corrected chi connectivity index (χ4v) is 9.08. The summed E-state index contributed by atoms with van der Waals surface area (Å²) in [5, 5.41) is 10.5. The molecule has 4 rings (SSSR count). The Balaban J connectivity index is 1.88. The second-order valence-electron chi connectivity index (χ2n) is 11.8. The minimum Gasteiger partial charge on any atom is -0.465 e. The van der Waals surface area contributed by atoms with Gasteiger partial charge in [-0.2, -0.15) is 0 Å². The Labute approximate surface area is 226 Å². The standard InChI is InChI=1S/C29H44N2O5S/c1-6-12-20(4)30-15-11-14-29-22(23-27(35)36-16-10-8-7-9-13-28(23,5)37-29)25(33)31(24(29)26(30)34)21(18-32)17-19(2)3/h9,11,13-14,19-24,32H,6-8,10,12,15-18H2,1-5H3/b13-9-/t20?,21-,22+,23+,24?,28-,29+/m1/s1. The smallest absolute Gasteiger partial charge is 0.311 e. The van der Waals surface area contributed by atoms with Crippen molar-refractivity contribution in [1.29, 1.82) is 0 Å². The fraction of sp³-hybridized carbons (Fsp3) is 0.759. The van der Waals surface area contributed by atoms with Gasteiger partial charge in [-0.05, 0) is 51.9 Å². The molecule has 1 spiro atoms. The number of esters is 1. The van der Waals surface area contributed by atoms with Crippen LogP contribution >= 0.6 is 11.8 Å². The number of allylic oxidation sites excluding steroid dienone is 1. The molecule has 2 unspecified atom stereocenters. The van der Waals surface area contributed by atoms with Gasteiger partial charge in [0.25, 0.3) is 0 Å². The summed E-state index contributed by atoms with van der Waals surface area (Å²) >= 11 is 1.57. The normalized spacial score (nSPS) is 36.5. The number of fused-ring (bicyclic) bond motifs is 2. The molecular formula is C29H44N2O5S. The van der Waals surface area contributed by atoms with Crippen molar-refractivity contribution in [3.63, 3.8) is 0 Å². The lowest BCUT2D eigenvalue weighted by Gasteiger charge is -2.41. The number of carbonyl (C=O) groups excluding carboxylic acids is 3. The van der Waals surface area contributed by atoms with E-state index in [1.165, 1.54) is 0 Å². The number of ether oxygens (including phenoxy) is 1. The number of likely N-dealkylation sites (tertiary alicyclic amines) is 1. The molecule has 37 heavy (non-hydrogen) atoms. The Kier molecular flexibility index (Phi) is 8.49. The molecule has 2 amide bonds. The van der Waals surface area contributed by atoms with Crippen LogP contribution in [-0.4, -0.2) is 80.1 Å². The van der Waals surface area contributed by atoms with Gasteiger partial charge in [0.1, 0.15) is 6.04 Å². The average Bonchev–Trinajstić information content (AvgIpc) is 3.17. The van der Waals surface area contributed by atoms with Crippen LogP contribution in [0.3, 0.4) is 0 Å². The topological polar surface area (TPSA) is 87.2 Å². The number of carbonyl (C=O) groups is 3. The van der Waals surface area contributed by atoms with E-state index in [9.17, 15) is 19.5 Å². The minimum absolute atomic E-state index is 0.0264. The van der Waals surface area contributed by atoms with Gasteiger partial charge in [-0.1, -0.05) is 51.5 Å². The van der Waals surface area contributed by atoms with E-state index in [0.717, 1.165) is 32.1 Å². The Morgan fingerprint density at radius 2 is 1.86 bits per heavy atom. The predicted octanol–water partition coefficient (Wildman–Crippen LogP) is 3.95. The number of amides is 2. The third-order valence-electron chi connectivity index (χ3n) is 8.56. The van der Waals surface area contributed by atoms with Crippen LogP contribution in [0.15, 0.2) is 24.3 Å². The highest BCUT2D eigenvalue weighted by molar-refractivity contribution is 8.02. The molecule has 0 radical (unpaired) electrons. The lowest BCUT2D eigenvalue weighted by atomic mass is 9.74. The van der Waals surface area contributed by atoms with Crippen LogP contribution in [0.4, 0.5) is 0 Å². The molecule has 8 heteroatoms. The van der Waals surface area contributed by atoms with E-state index >= 15 is 0 Å². The van der Waals surface area contributed by atoms with E-state index in [1.54, 1.807) is 16.7 Å². The summed E-state index contributed by atoms with van der Waals surface area (Å²) in [6.07, 6.45) is 13.3. The van der Waals surface area contributed by atoms with Gasteiger partial charge in [0.15, 0.2) is 0 Å². The van der Waals surface area contributed by atoms with E-state index in [1.807, 2.05) is 24.0 Å². The SMILES string of the molecule is CCCC(C)N1CC=C[C@]23S[C@]4(C)/C=C\CCCCOC(=O)[C@@H]4[C@H]2C(=O)N([C@@H](CO)CC(C)C)C3C1=O. The van der Waals surface area contributed by atoms with Crippen molar-refractivity contribution in [3.8, 4) is 0 Å². The van der Waals surface area contributed by atoms with Gasteiger partial charge >= 0.3 is 5.97 Å². The number of nitrogens with zero attached hydrogens (tertiary/aromatic N) is 2. The van der Waals surface area contributed by atoms with Crippen molar-refractivity contribution in [2.45, 2.75) is 101 Å². The van der Waals surface area contributed by atoms with E-state index in [-0.39, 0.29) is 36.4 Å². The van der Waals surface area contributed by atoms with Gasteiger partial charge in [-0.3, -0.25) is 14.4 Å². The maximum absolute atomic E-state index is 14.4. The molecule has 7 nitrogen and oxygen atoms in total. The molecular weight excluding hydrogens is 488 g/mol. The highest BCUT2D eigenvalue weighted by Gasteiger charge is 2.74. The van der Waals surface area contributed by atoms with Gasteiger partial charge < -0.3 is 19.6 Å². The summed E-state index contributed by atoms with van der Waals surface area (Å²) in [6, 6.07) is -1.24. The molecule has 4 aliphatic rings. The first-order chi connectivity index (χ1) is 17.6. The van der Waals surface area contributed by atoms with Crippen LogP contribution in [0, 0.1) is 17.8 Å². The highest BCUT2D eigenvalue weighted by atomic mass is 32.2. The number of hydrogen-bond donors (Lipinski definition) is 1. The molecule has 4 aliphatic heterocycles. The summed E-state index contributed by atoms with van der Waals surface area (Å²) in [5.74, 6) is -1.86. The molecule has 7 atom stereocenters. The van der Waals surface area contributed by atoms with Crippen molar-refractivity contribution in [3.05, 3.63) is 24.3 Å². The number of hydrogen-bond acceptors (Lipinski definition) is 6. The van der Waals surface area contributed by atoms with Crippen LogP contribution < -0.4 is 0 Å². The zero-order valence-electron chi connectivity index (χ0n) is 23.0. The lowest BCUT2D eigenvalue weighted by molar-refractivity contribution is -0.155. The number of rotatable bonds is 7. The van der Waals surface area contributed by atoms with Crippen molar-refractivity contribution >= 4 is 29.5 Å². The van der Waals surface area contributed by atoms with Crippen LogP contribution in [0.1, 0.15) is 73.1 Å². The molecule has 1 N–H and O–H groups in total. The first-order valence-electron chi connectivity index (χ1n) is 14.1. The fourth-order valence-electron chi connectivity index (χ4n) is 6.94. The quantitative estimate of drug-likeness (QED) is 0.395. The van der Waals surface area contributed by atoms with Gasteiger partial charge in [0, 0.05) is 17.3 Å². The number of aliphatic hydroxyl groups is 1. The molecule has 206 valence electrons. The third-order valence-corrected chi connectivity index (χ3v) is 10.4. The van der Waals surface area contributed by atoms with Crippen LogP contribution in [-0.2, 0) is 19.1 Å². The molecule has 0 bridgehead atoms.